The number of para-hydroxylation sites is 2. The number of benzene rings is 1. The lowest BCUT2D eigenvalue weighted by Crippen LogP contribution is -2.13. The number of aromatic nitrogens is 2. The van der Waals surface area contributed by atoms with E-state index >= 15 is 0 Å². The van der Waals surface area contributed by atoms with Crippen molar-refractivity contribution in [3.8, 4) is 6.07 Å². The lowest BCUT2D eigenvalue weighted by Gasteiger charge is -2.12. The van der Waals surface area contributed by atoms with Gasteiger partial charge in [-0.25, -0.2) is 9.97 Å². The van der Waals surface area contributed by atoms with Crippen molar-refractivity contribution in [1.29, 1.82) is 5.26 Å². The molecule has 1 aromatic heterocycles. The molecule has 0 aliphatic carbocycles. The number of fused-ring (bicyclic) bond motifs is 1. The number of nitriles is 1. The predicted molar refractivity (Wildman–Crippen MR) is 58.6 cm³/mol. The summed E-state index contributed by atoms with van der Waals surface area (Å²) in [5.74, 6) is 0.608. The molecule has 2 aromatic rings. The Hall–Kier alpha value is -2.15. The molecule has 4 heteroatoms. The first-order chi connectivity index (χ1) is 7.22. The van der Waals surface area contributed by atoms with Crippen molar-refractivity contribution in [3.05, 3.63) is 30.0 Å². The van der Waals surface area contributed by atoms with Gasteiger partial charge in [0.15, 0.2) is 11.5 Å². The second-order valence-corrected chi connectivity index (χ2v) is 3.39. The molecule has 0 saturated carbocycles. The minimum absolute atomic E-state index is 0.360. The Kier molecular flexibility index (Phi) is 2.22. The maximum atomic E-state index is 8.95. The van der Waals surface area contributed by atoms with Crippen LogP contribution in [-0.4, -0.2) is 24.1 Å². The minimum atomic E-state index is 0.360. The van der Waals surface area contributed by atoms with Gasteiger partial charge in [0.05, 0.1) is 11.0 Å². The minimum Gasteiger partial charge on any atom is -0.360 e. The van der Waals surface area contributed by atoms with Crippen LogP contribution in [0.3, 0.4) is 0 Å². The zero-order valence-electron chi connectivity index (χ0n) is 8.60. The van der Waals surface area contributed by atoms with Crippen LogP contribution < -0.4 is 4.90 Å². The van der Waals surface area contributed by atoms with Gasteiger partial charge < -0.3 is 4.90 Å². The fraction of sp³-hybridized carbons (Fsp3) is 0.182. The summed E-state index contributed by atoms with van der Waals surface area (Å²) in [7, 11) is 3.69. The third kappa shape index (κ3) is 1.59. The van der Waals surface area contributed by atoms with Gasteiger partial charge in [-0.05, 0) is 12.1 Å². The summed E-state index contributed by atoms with van der Waals surface area (Å²) in [6, 6.07) is 9.58. The highest BCUT2D eigenvalue weighted by molar-refractivity contribution is 5.77. The highest BCUT2D eigenvalue weighted by atomic mass is 15.1. The number of anilines is 1. The molecule has 0 radical (unpaired) electrons. The van der Waals surface area contributed by atoms with Gasteiger partial charge in [0, 0.05) is 14.1 Å². The van der Waals surface area contributed by atoms with Crippen LogP contribution in [0.1, 0.15) is 5.69 Å². The topological polar surface area (TPSA) is 52.8 Å². The van der Waals surface area contributed by atoms with E-state index in [2.05, 4.69) is 16.0 Å². The first kappa shape index (κ1) is 9.41. The van der Waals surface area contributed by atoms with E-state index in [1.807, 2.05) is 38.4 Å². The number of nitrogens with zero attached hydrogens (tertiary/aromatic N) is 4. The molecule has 0 unspecified atom stereocenters. The first-order valence-corrected chi connectivity index (χ1v) is 4.56. The normalized spacial score (nSPS) is 9.93. The van der Waals surface area contributed by atoms with E-state index in [1.54, 1.807) is 4.90 Å². The summed E-state index contributed by atoms with van der Waals surface area (Å²) in [6.07, 6.45) is 0. The zero-order valence-corrected chi connectivity index (χ0v) is 8.60. The molecule has 1 heterocycles. The molecule has 1 aromatic carbocycles. The van der Waals surface area contributed by atoms with Gasteiger partial charge in [-0.2, -0.15) is 5.26 Å². The Labute approximate surface area is 87.8 Å². The molecule has 15 heavy (non-hydrogen) atoms. The monoisotopic (exact) mass is 198 g/mol. The van der Waals surface area contributed by atoms with E-state index in [1.165, 1.54) is 0 Å². The molecule has 0 aliphatic heterocycles. The van der Waals surface area contributed by atoms with Crippen LogP contribution in [0.5, 0.6) is 0 Å². The quantitative estimate of drug-likeness (QED) is 0.697. The molecule has 0 fully saturated rings. The summed E-state index contributed by atoms with van der Waals surface area (Å²) >= 11 is 0. The van der Waals surface area contributed by atoms with Crippen molar-refractivity contribution in [2.24, 2.45) is 0 Å². The van der Waals surface area contributed by atoms with E-state index in [4.69, 9.17) is 5.26 Å². The van der Waals surface area contributed by atoms with E-state index in [0.717, 1.165) is 11.0 Å². The standard InChI is InChI=1S/C11H10N4/c1-15(2)11-10(7-12)13-8-5-3-4-6-9(8)14-11/h3-6H,1-2H3. The third-order valence-electron chi connectivity index (χ3n) is 2.08. The van der Waals surface area contributed by atoms with Crippen LogP contribution >= 0.6 is 0 Å². The fourth-order valence-electron chi connectivity index (χ4n) is 1.38. The molecule has 0 atom stereocenters. The number of hydrogen-bond acceptors (Lipinski definition) is 4. The summed E-state index contributed by atoms with van der Waals surface area (Å²) in [5, 5.41) is 8.95. The average molecular weight is 198 g/mol. The average Bonchev–Trinajstić information content (AvgIpc) is 2.27. The molecule has 0 bridgehead atoms. The van der Waals surface area contributed by atoms with Crippen molar-refractivity contribution in [1.82, 2.24) is 9.97 Å². The molecule has 0 amide bonds. The highest BCUT2D eigenvalue weighted by Crippen LogP contribution is 2.17. The lowest BCUT2D eigenvalue weighted by molar-refractivity contribution is 1.05. The maximum Gasteiger partial charge on any atom is 0.183 e. The molecule has 0 saturated heterocycles. The molecule has 2 rings (SSSR count). The second-order valence-electron chi connectivity index (χ2n) is 3.39. The van der Waals surface area contributed by atoms with Crippen molar-refractivity contribution in [2.75, 3.05) is 19.0 Å². The Morgan fingerprint density at radius 1 is 1.13 bits per heavy atom. The van der Waals surface area contributed by atoms with Crippen LogP contribution in [0.15, 0.2) is 24.3 Å². The summed E-state index contributed by atoms with van der Waals surface area (Å²) in [5.41, 5.74) is 1.92. The number of rotatable bonds is 1. The van der Waals surface area contributed by atoms with E-state index in [-0.39, 0.29) is 0 Å². The van der Waals surface area contributed by atoms with Crippen LogP contribution in [0.4, 0.5) is 5.82 Å². The van der Waals surface area contributed by atoms with E-state index in [9.17, 15) is 0 Å². The fourth-order valence-corrected chi connectivity index (χ4v) is 1.38. The van der Waals surface area contributed by atoms with Gasteiger partial charge in [-0.15, -0.1) is 0 Å². The summed E-state index contributed by atoms with van der Waals surface area (Å²) in [6.45, 7) is 0. The maximum absolute atomic E-state index is 8.95. The molecule has 0 aliphatic rings. The zero-order chi connectivity index (χ0) is 10.8. The smallest absolute Gasteiger partial charge is 0.183 e. The van der Waals surface area contributed by atoms with Crippen molar-refractivity contribution >= 4 is 16.9 Å². The molecule has 0 N–H and O–H groups in total. The predicted octanol–water partition coefficient (Wildman–Crippen LogP) is 1.57. The van der Waals surface area contributed by atoms with E-state index < -0.39 is 0 Å². The van der Waals surface area contributed by atoms with Gasteiger partial charge >= 0.3 is 0 Å². The second kappa shape index (κ2) is 3.54. The van der Waals surface area contributed by atoms with Gasteiger partial charge in [0.2, 0.25) is 0 Å². The Morgan fingerprint density at radius 2 is 1.73 bits per heavy atom. The van der Waals surface area contributed by atoms with Crippen LogP contribution in [0.2, 0.25) is 0 Å². The Morgan fingerprint density at radius 3 is 2.27 bits per heavy atom. The lowest BCUT2D eigenvalue weighted by atomic mass is 10.3. The van der Waals surface area contributed by atoms with Crippen molar-refractivity contribution in [3.63, 3.8) is 0 Å². The Bertz CT molecular complexity index is 540. The highest BCUT2D eigenvalue weighted by Gasteiger charge is 2.09. The first-order valence-electron chi connectivity index (χ1n) is 4.56. The molecular weight excluding hydrogens is 188 g/mol. The van der Waals surface area contributed by atoms with Gasteiger partial charge in [-0.1, -0.05) is 12.1 Å². The van der Waals surface area contributed by atoms with Crippen LogP contribution in [0.25, 0.3) is 11.0 Å². The Balaban J connectivity index is 2.76. The molecule has 0 spiro atoms. The SMILES string of the molecule is CN(C)c1nc2ccccc2nc1C#N. The van der Waals surface area contributed by atoms with Gasteiger partial charge in [0.25, 0.3) is 0 Å². The van der Waals surface area contributed by atoms with Gasteiger partial charge in [0.1, 0.15) is 6.07 Å². The number of hydrogen-bond donors (Lipinski definition) is 0. The molecule has 74 valence electrons. The summed E-state index contributed by atoms with van der Waals surface area (Å²) in [4.78, 5) is 10.4. The van der Waals surface area contributed by atoms with Crippen LogP contribution in [0, 0.1) is 11.3 Å². The summed E-state index contributed by atoms with van der Waals surface area (Å²) < 4.78 is 0. The van der Waals surface area contributed by atoms with Gasteiger partial charge in [-0.3, -0.25) is 0 Å². The largest absolute Gasteiger partial charge is 0.360 e. The van der Waals surface area contributed by atoms with Crippen LogP contribution in [-0.2, 0) is 0 Å². The third-order valence-corrected chi connectivity index (χ3v) is 2.08. The van der Waals surface area contributed by atoms with Crippen molar-refractivity contribution in [2.45, 2.75) is 0 Å². The van der Waals surface area contributed by atoms with Crippen molar-refractivity contribution < 1.29 is 0 Å². The van der Waals surface area contributed by atoms with E-state index in [0.29, 0.717) is 11.5 Å². The molecule has 4 nitrogen and oxygen atoms in total. The molecular formula is C11H10N4.